The van der Waals surface area contributed by atoms with E-state index < -0.39 is 0 Å². The van der Waals surface area contributed by atoms with Crippen molar-refractivity contribution in [2.24, 2.45) is 5.92 Å². The molecule has 0 unspecified atom stereocenters. The maximum atomic E-state index is 12.9. The van der Waals surface area contributed by atoms with E-state index in [4.69, 9.17) is 0 Å². The Kier molecular flexibility index (Phi) is 5.06. The number of hydrogen-bond acceptors (Lipinski definition) is 2. The van der Waals surface area contributed by atoms with E-state index in [1.807, 2.05) is 65.6 Å². The fourth-order valence-electron chi connectivity index (χ4n) is 4.22. The fourth-order valence-corrected chi connectivity index (χ4v) is 4.22. The molecule has 1 N–H and O–H groups in total. The number of carbonyl (C=O) groups is 2. The summed E-state index contributed by atoms with van der Waals surface area (Å²) in [6, 6.07) is 22.0. The zero-order valence-corrected chi connectivity index (χ0v) is 17.7. The van der Waals surface area contributed by atoms with Crippen molar-refractivity contribution >= 4 is 11.8 Å². The fraction of sp³-hybridized carbons (Fsp3) is 0.259. The van der Waals surface area contributed by atoms with Gasteiger partial charge in [0.2, 0.25) is 0 Å². The molecule has 0 atom stereocenters. The second kappa shape index (κ2) is 8.03. The van der Waals surface area contributed by atoms with Crippen LogP contribution in [0, 0.1) is 12.8 Å². The lowest BCUT2D eigenvalue weighted by Crippen LogP contribution is -2.25. The van der Waals surface area contributed by atoms with Crippen LogP contribution in [-0.4, -0.2) is 23.3 Å². The van der Waals surface area contributed by atoms with Gasteiger partial charge >= 0.3 is 0 Å². The molecule has 1 heterocycles. The molecule has 31 heavy (non-hydrogen) atoms. The Hall–Kier alpha value is -3.40. The van der Waals surface area contributed by atoms with E-state index in [1.54, 1.807) is 0 Å². The second-order valence-electron chi connectivity index (χ2n) is 8.70. The smallest absolute Gasteiger partial charge is 0.254 e. The average Bonchev–Trinajstić information content (AvgIpc) is 3.57. The number of nitrogens with one attached hydrogen (secondary N) is 1. The predicted molar refractivity (Wildman–Crippen MR) is 122 cm³/mol. The molecule has 1 saturated carbocycles. The molecule has 0 radical (unpaired) electrons. The summed E-state index contributed by atoms with van der Waals surface area (Å²) in [4.78, 5) is 27.3. The van der Waals surface area contributed by atoms with Gasteiger partial charge in [-0.3, -0.25) is 9.59 Å². The number of fused-ring (bicyclic) bond motifs is 1. The number of nitrogens with zero attached hydrogens (tertiary/aromatic N) is 1. The summed E-state index contributed by atoms with van der Waals surface area (Å²) in [5, 5.41) is 3.05. The zero-order chi connectivity index (χ0) is 21.4. The normalized spacial score (nSPS) is 15.1. The molecule has 4 nitrogen and oxygen atoms in total. The van der Waals surface area contributed by atoms with Gasteiger partial charge < -0.3 is 10.2 Å². The Bertz CT molecular complexity index is 1150. The van der Waals surface area contributed by atoms with Crippen molar-refractivity contribution in [1.82, 2.24) is 10.2 Å². The van der Waals surface area contributed by atoms with E-state index in [1.165, 1.54) is 12.8 Å². The van der Waals surface area contributed by atoms with Gasteiger partial charge in [0.05, 0.1) is 0 Å². The summed E-state index contributed by atoms with van der Waals surface area (Å²) in [7, 11) is 0. The van der Waals surface area contributed by atoms with Gasteiger partial charge in [-0.25, -0.2) is 0 Å². The topological polar surface area (TPSA) is 49.4 Å². The van der Waals surface area contributed by atoms with Crippen molar-refractivity contribution in [3.63, 3.8) is 0 Å². The number of hydrogen-bond donors (Lipinski definition) is 1. The summed E-state index contributed by atoms with van der Waals surface area (Å²) in [5.41, 5.74) is 6.83. The highest BCUT2D eigenvalue weighted by Crippen LogP contribution is 2.32. The Morgan fingerprint density at radius 1 is 1.00 bits per heavy atom. The summed E-state index contributed by atoms with van der Waals surface area (Å²) < 4.78 is 0. The first kappa shape index (κ1) is 19.6. The van der Waals surface area contributed by atoms with Gasteiger partial charge in [0, 0.05) is 30.8 Å². The highest BCUT2D eigenvalue weighted by molar-refractivity contribution is 5.99. The van der Waals surface area contributed by atoms with Gasteiger partial charge in [0.1, 0.15) is 0 Å². The Labute approximate surface area is 182 Å². The number of amides is 2. The minimum Gasteiger partial charge on any atom is -0.352 e. The van der Waals surface area contributed by atoms with E-state index in [0.717, 1.165) is 39.9 Å². The molecule has 156 valence electrons. The van der Waals surface area contributed by atoms with Crippen molar-refractivity contribution in [2.45, 2.75) is 32.9 Å². The van der Waals surface area contributed by atoms with Crippen LogP contribution >= 0.6 is 0 Å². The molecule has 1 aliphatic carbocycles. The maximum absolute atomic E-state index is 12.9. The molecule has 1 fully saturated rings. The van der Waals surface area contributed by atoms with Crippen LogP contribution < -0.4 is 5.32 Å². The van der Waals surface area contributed by atoms with Crippen LogP contribution in [0.15, 0.2) is 66.7 Å². The predicted octanol–water partition coefficient (Wildman–Crippen LogP) is 4.96. The van der Waals surface area contributed by atoms with E-state index in [-0.39, 0.29) is 11.8 Å². The minimum absolute atomic E-state index is 0.0153. The lowest BCUT2D eigenvalue weighted by atomic mass is 9.95. The SMILES string of the molecule is Cc1ccc(C(=O)NCC2CC2)cc1-c1ccc2c(c1)CN(Cc1ccccc1)C2=O. The van der Waals surface area contributed by atoms with Crippen molar-refractivity contribution in [3.8, 4) is 11.1 Å². The molecule has 0 bridgehead atoms. The Morgan fingerprint density at radius 3 is 2.58 bits per heavy atom. The first-order chi connectivity index (χ1) is 15.1. The minimum atomic E-state index is -0.0153. The second-order valence-corrected chi connectivity index (χ2v) is 8.70. The highest BCUT2D eigenvalue weighted by Gasteiger charge is 2.28. The summed E-state index contributed by atoms with van der Waals surface area (Å²) in [5.74, 6) is 0.718. The molecule has 1 aliphatic heterocycles. The number of aryl methyl sites for hydroxylation is 1. The van der Waals surface area contributed by atoms with Crippen LogP contribution in [0.3, 0.4) is 0 Å². The van der Waals surface area contributed by atoms with E-state index in [2.05, 4.69) is 18.3 Å². The lowest BCUT2D eigenvalue weighted by molar-refractivity contribution is 0.0766. The number of benzene rings is 3. The van der Waals surface area contributed by atoms with Gasteiger partial charge in [-0.1, -0.05) is 42.5 Å². The molecule has 0 aromatic heterocycles. The first-order valence-electron chi connectivity index (χ1n) is 10.9. The average molecular weight is 411 g/mol. The molecule has 2 aliphatic rings. The third-order valence-electron chi connectivity index (χ3n) is 6.26. The van der Waals surface area contributed by atoms with E-state index >= 15 is 0 Å². The van der Waals surface area contributed by atoms with Gasteiger partial charge in [0.25, 0.3) is 11.8 Å². The van der Waals surface area contributed by atoms with Gasteiger partial charge in [-0.2, -0.15) is 0 Å². The molecule has 0 saturated heterocycles. The van der Waals surface area contributed by atoms with Crippen LogP contribution in [0.1, 0.15) is 50.2 Å². The largest absolute Gasteiger partial charge is 0.352 e. The van der Waals surface area contributed by atoms with Crippen LogP contribution in [0.5, 0.6) is 0 Å². The third kappa shape index (κ3) is 4.11. The molecule has 3 aromatic rings. The molecular weight excluding hydrogens is 384 g/mol. The summed E-state index contributed by atoms with van der Waals surface area (Å²) >= 11 is 0. The van der Waals surface area contributed by atoms with Gasteiger partial charge in [-0.15, -0.1) is 0 Å². The standard InChI is InChI=1S/C27H26N2O2/c1-18-7-10-22(26(30)28-15-19-8-9-19)14-25(18)21-11-12-24-23(13-21)17-29(27(24)31)16-20-5-3-2-4-6-20/h2-7,10-14,19H,8-9,15-17H2,1H3,(H,28,30). The quantitative estimate of drug-likeness (QED) is 0.625. The monoisotopic (exact) mass is 410 g/mol. The van der Waals surface area contributed by atoms with Crippen LogP contribution in [0.4, 0.5) is 0 Å². The van der Waals surface area contributed by atoms with E-state index in [9.17, 15) is 9.59 Å². The third-order valence-corrected chi connectivity index (χ3v) is 6.26. The molecule has 0 spiro atoms. The Morgan fingerprint density at radius 2 is 1.81 bits per heavy atom. The zero-order valence-electron chi connectivity index (χ0n) is 17.7. The van der Waals surface area contributed by atoms with Crippen molar-refractivity contribution < 1.29 is 9.59 Å². The van der Waals surface area contributed by atoms with Crippen LogP contribution in [0.2, 0.25) is 0 Å². The Balaban J connectivity index is 1.38. The maximum Gasteiger partial charge on any atom is 0.254 e. The number of rotatable bonds is 6. The van der Waals surface area contributed by atoms with Crippen molar-refractivity contribution in [2.75, 3.05) is 6.54 Å². The lowest BCUT2D eigenvalue weighted by Gasteiger charge is -2.15. The summed E-state index contributed by atoms with van der Waals surface area (Å²) in [6.07, 6.45) is 2.43. The van der Waals surface area contributed by atoms with Gasteiger partial charge in [-0.05, 0) is 77.8 Å². The van der Waals surface area contributed by atoms with E-state index in [0.29, 0.717) is 24.6 Å². The molecule has 2 amide bonds. The van der Waals surface area contributed by atoms with Crippen LogP contribution in [-0.2, 0) is 13.1 Å². The number of carbonyl (C=O) groups excluding carboxylic acids is 2. The molecule has 5 rings (SSSR count). The van der Waals surface area contributed by atoms with Gasteiger partial charge in [0.15, 0.2) is 0 Å². The van der Waals surface area contributed by atoms with Crippen molar-refractivity contribution in [3.05, 3.63) is 94.5 Å². The molecule has 3 aromatic carbocycles. The van der Waals surface area contributed by atoms with Crippen molar-refractivity contribution in [1.29, 1.82) is 0 Å². The molecule has 4 heteroatoms. The summed E-state index contributed by atoms with van der Waals surface area (Å²) in [6.45, 7) is 4.04. The first-order valence-corrected chi connectivity index (χ1v) is 10.9. The molecular formula is C27H26N2O2. The van der Waals surface area contributed by atoms with Crippen LogP contribution in [0.25, 0.3) is 11.1 Å². The highest BCUT2D eigenvalue weighted by atomic mass is 16.2.